The van der Waals surface area contributed by atoms with Crippen LogP contribution >= 0.6 is 0 Å². The lowest BCUT2D eigenvalue weighted by molar-refractivity contribution is -0.121. The molecule has 0 unspecified atom stereocenters. The first-order valence-corrected chi connectivity index (χ1v) is 8.86. The van der Waals surface area contributed by atoms with Crippen LogP contribution in [0.1, 0.15) is 56.3 Å². The van der Waals surface area contributed by atoms with Gasteiger partial charge in [0.15, 0.2) is 0 Å². The molecule has 0 atom stereocenters. The molecule has 1 saturated carbocycles. The van der Waals surface area contributed by atoms with E-state index in [-0.39, 0.29) is 30.2 Å². The monoisotopic (exact) mass is 346 g/mol. The van der Waals surface area contributed by atoms with Crippen LogP contribution in [0.25, 0.3) is 0 Å². The van der Waals surface area contributed by atoms with Crippen LogP contribution in [-0.2, 0) is 14.3 Å². The summed E-state index contributed by atoms with van der Waals surface area (Å²) in [6, 6.07) is 6.93. The molecule has 0 saturated heterocycles. The quantitative estimate of drug-likeness (QED) is 0.770. The Bertz CT molecular complexity index is 606. The highest BCUT2D eigenvalue weighted by Crippen LogP contribution is 2.19. The summed E-state index contributed by atoms with van der Waals surface area (Å²) in [5, 5.41) is 3.02. The molecule has 2 rings (SSSR count). The zero-order valence-corrected chi connectivity index (χ0v) is 14.9. The van der Waals surface area contributed by atoms with Gasteiger partial charge in [0, 0.05) is 31.6 Å². The number of carbonyl (C=O) groups excluding carboxylic acids is 3. The molecule has 0 radical (unpaired) electrons. The van der Waals surface area contributed by atoms with E-state index in [9.17, 15) is 14.4 Å². The first-order chi connectivity index (χ1) is 12.0. The van der Waals surface area contributed by atoms with Crippen molar-refractivity contribution in [2.24, 2.45) is 0 Å². The van der Waals surface area contributed by atoms with Crippen molar-refractivity contribution < 1.29 is 19.1 Å². The van der Waals surface area contributed by atoms with Gasteiger partial charge in [-0.1, -0.05) is 12.8 Å². The third-order valence-electron chi connectivity index (χ3n) is 4.35. The molecule has 6 heteroatoms. The number of benzene rings is 1. The number of ether oxygens (including phenoxy) is 1. The summed E-state index contributed by atoms with van der Waals surface area (Å²) in [7, 11) is 0. The third kappa shape index (κ3) is 5.59. The maximum absolute atomic E-state index is 12.1. The Hall–Kier alpha value is -2.37. The van der Waals surface area contributed by atoms with Gasteiger partial charge in [0.2, 0.25) is 11.8 Å². The number of carbonyl (C=O) groups is 3. The summed E-state index contributed by atoms with van der Waals surface area (Å²) < 4.78 is 4.95. The van der Waals surface area contributed by atoms with Crippen LogP contribution in [-0.4, -0.2) is 37.0 Å². The first kappa shape index (κ1) is 19.0. The minimum atomic E-state index is -0.389. The summed E-state index contributed by atoms with van der Waals surface area (Å²) in [4.78, 5) is 37.2. The molecule has 0 aliphatic heterocycles. The topological polar surface area (TPSA) is 75.7 Å². The second-order valence-corrected chi connectivity index (χ2v) is 6.24. The van der Waals surface area contributed by atoms with E-state index in [1.807, 2.05) is 0 Å². The van der Waals surface area contributed by atoms with Gasteiger partial charge in [-0.3, -0.25) is 9.59 Å². The van der Waals surface area contributed by atoms with Crippen molar-refractivity contribution in [3.8, 4) is 0 Å². The van der Waals surface area contributed by atoms with E-state index >= 15 is 0 Å². The summed E-state index contributed by atoms with van der Waals surface area (Å²) in [5.41, 5.74) is 1.10. The van der Waals surface area contributed by atoms with Gasteiger partial charge in [0.1, 0.15) is 0 Å². The average molecular weight is 346 g/mol. The first-order valence-electron chi connectivity index (χ1n) is 8.86. The van der Waals surface area contributed by atoms with Crippen molar-refractivity contribution in [2.45, 2.75) is 52.0 Å². The number of esters is 1. The van der Waals surface area contributed by atoms with Crippen molar-refractivity contribution in [3.63, 3.8) is 0 Å². The minimum Gasteiger partial charge on any atom is -0.462 e. The summed E-state index contributed by atoms with van der Waals surface area (Å²) >= 11 is 0. The minimum absolute atomic E-state index is 0.0266. The Morgan fingerprint density at radius 1 is 1.16 bits per heavy atom. The van der Waals surface area contributed by atoms with Crippen LogP contribution in [0, 0.1) is 0 Å². The third-order valence-corrected chi connectivity index (χ3v) is 4.35. The normalized spacial score (nSPS) is 14.2. The Labute approximate surface area is 148 Å². The molecule has 1 aromatic rings. The van der Waals surface area contributed by atoms with Gasteiger partial charge in [-0.05, 0) is 44.0 Å². The zero-order chi connectivity index (χ0) is 18.2. The fraction of sp³-hybridized carbons (Fsp3) is 0.526. The van der Waals surface area contributed by atoms with Crippen LogP contribution in [0.5, 0.6) is 0 Å². The van der Waals surface area contributed by atoms with Gasteiger partial charge in [-0.2, -0.15) is 0 Å². The van der Waals surface area contributed by atoms with Crippen LogP contribution < -0.4 is 10.2 Å². The lowest BCUT2D eigenvalue weighted by Crippen LogP contribution is -2.37. The SMILES string of the molecule is CCOC(=O)c1ccc(N(CCC(=O)NC2CCCC2)C(C)=O)cc1. The van der Waals surface area contributed by atoms with Gasteiger partial charge in [0.05, 0.1) is 12.2 Å². The van der Waals surface area contributed by atoms with Crippen LogP contribution in [0.4, 0.5) is 5.69 Å². The number of nitrogens with zero attached hydrogens (tertiary/aromatic N) is 1. The van der Waals surface area contributed by atoms with Crippen molar-refractivity contribution >= 4 is 23.5 Å². The highest BCUT2D eigenvalue weighted by molar-refractivity contribution is 5.94. The lowest BCUT2D eigenvalue weighted by Gasteiger charge is -2.22. The molecule has 1 fully saturated rings. The zero-order valence-electron chi connectivity index (χ0n) is 14.9. The van der Waals surface area contributed by atoms with Crippen molar-refractivity contribution in [2.75, 3.05) is 18.1 Å². The molecule has 6 nitrogen and oxygen atoms in total. The molecule has 0 bridgehead atoms. The second-order valence-electron chi connectivity index (χ2n) is 6.24. The van der Waals surface area contributed by atoms with Gasteiger partial charge in [-0.15, -0.1) is 0 Å². The molecule has 25 heavy (non-hydrogen) atoms. The summed E-state index contributed by atoms with van der Waals surface area (Å²) in [6.45, 7) is 3.84. The summed E-state index contributed by atoms with van der Waals surface area (Å²) in [5.74, 6) is -0.557. The van der Waals surface area contributed by atoms with Crippen LogP contribution in [0.3, 0.4) is 0 Å². The molecular weight excluding hydrogens is 320 g/mol. The van der Waals surface area contributed by atoms with Gasteiger partial charge >= 0.3 is 5.97 Å². The number of hydrogen-bond donors (Lipinski definition) is 1. The Morgan fingerprint density at radius 2 is 1.80 bits per heavy atom. The van der Waals surface area contributed by atoms with E-state index in [0.29, 0.717) is 24.4 Å². The van der Waals surface area contributed by atoms with Gasteiger partial charge in [-0.25, -0.2) is 4.79 Å². The fourth-order valence-electron chi connectivity index (χ4n) is 3.04. The maximum Gasteiger partial charge on any atom is 0.338 e. The highest BCUT2D eigenvalue weighted by Gasteiger charge is 2.19. The van der Waals surface area contributed by atoms with Crippen LogP contribution in [0.2, 0.25) is 0 Å². The molecule has 2 amide bonds. The molecule has 0 aromatic heterocycles. The van der Waals surface area contributed by atoms with Crippen LogP contribution in [0.15, 0.2) is 24.3 Å². The van der Waals surface area contributed by atoms with E-state index < -0.39 is 0 Å². The predicted molar refractivity (Wildman–Crippen MR) is 95.4 cm³/mol. The Balaban J connectivity index is 1.94. The Kier molecular flexibility index (Phi) is 6.98. The molecule has 136 valence electrons. The van der Waals surface area contributed by atoms with E-state index in [1.165, 1.54) is 6.92 Å². The van der Waals surface area contributed by atoms with E-state index in [0.717, 1.165) is 25.7 Å². The number of amides is 2. The molecule has 1 aliphatic rings. The highest BCUT2D eigenvalue weighted by atomic mass is 16.5. The average Bonchev–Trinajstić information content (AvgIpc) is 3.08. The molecule has 1 aliphatic carbocycles. The smallest absolute Gasteiger partial charge is 0.338 e. The standard InChI is InChI=1S/C19H26N2O4/c1-3-25-19(24)15-8-10-17(11-9-15)21(14(2)22)13-12-18(23)20-16-6-4-5-7-16/h8-11,16H,3-7,12-13H2,1-2H3,(H,20,23). The molecule has 0 heterocycles. The van der Waals surface area contributed by atoms with Crippen molar-refractivity contribution in [1.82, 2.24) is 5.32 Å². The maximum atomic E-state index is 12.1. The van der Waals surface area contributed by atoms with E-state index in [1.54, 1.807) is 36.1 Å². The molecular formula is C19H26N2O4. The fourth-order valence-corrected chi connectivity index (χ4v) is 3.04. The lowest BCUT2D eigenvalue weighted by atomic mass is 10.2. The molecule has 1 N–H and O–H groups in total. The predicted octanol–water partition coefficient (Wildman–Crippen LogP) is 2.67. The number of rotatable bonds is 7. The second kappa shape index (κ2) is 9.20. The number of anilines is 1. The van der Waals surface area contributed by atoms with E-state index in [2.05, 4.69) is 5.32 Å². The van der Waals surface area contributed by atoms with Gasteiger partial charge < -0.3 is 15.0 Å². The summed E-state index contributed by atoms with van der Waals surface area (Å²) in [6.07, 6.45) is 4.67. The van der Waals surface area contributed by atoms with Gasteiger partial charge in [0.25, 0.3) is 0 Å². The van der Waals surface area contributed by atoms with E-state index in [4.69, 9.17) is 4.74 Å². The number of nitrogens with one attached hydrogen (secondary N) is 1. The number of hydrogen-bond acceptors (Lipinski definition) is 4. The van der Waals surface area contributed by atoms with Crippen molar-refractivity contribution in [1.29, 1.82) is 0 Å². The Morgan fingerprint density at radius 3 is 2.36 bits per heavy atom. The molecule has 0 spiro atoms. The van der Waals surface area contributed by atoms with Crippen molar-refractivity contribution in [3.05, 3.63) is 29.8 Å². The molecule has 1 aromatic carbocycles. The largest absolute Gasteiger partial charge is 0.462 e.